The predicted octanol–water partition coefficient (Wildman–Crippen LogP) is 4.36. The second-order valence-corrected chi connectivity index (χ2v) is 7.30. The first-order chi connectivity index (χ1) is 15.0. The summed E-state index contributed by atoms with van der Waals surface area (Å²) >= 11 is 0. The van der Waals surface area contributed by atoms with Gasteiger partial charge in [-0.15, -0.1) is 0 Å². The Hall–Kier alpha value is -3.52. The smallest absolute Gasteiger partial charge is 0.227 e. The Balaban J connectivity index is 1.35. The fourth-order valence-electron chi connectivity index (χ4n) is 3.31. The Labute approximate surface area is 178 Å². The summed E-state index contributed by atoms with van der Waals surface area (Å²) in [7, 11) is 1.68. The predicted molar refractivity (Wildman–Crippen MR) is 115 cm³/mol. The average Bonchev–Trinajstić information content (AvgIpc) is 3.39. The molecule has 0 atom stereocenters. The number of hydrogen-bond donors (Lipinski definition) is 1. The zero-order valence-corrected chi connectivity index (χ0v) is 17.4. The molecule has 0 aliphatic rings. The van der Waals surface area contributed by atoms with Crippen molar-refractivity contribution >= 4 is 22.5 Å². The van der Waals surface area contributed by atoms with Crippen LogP contribution in [-0.2, 0) is 22.5 Å². The van der Waals surface area contributed by atoms with Crippen molar-refractivity contribution in [1.29, 1.82) is 0 Å². The fourth-order valence-corrected chi connectivity index (χ4v) is 3.31. The summed E-state index contributed by atoms with van der Waals surface area (Å²) in [6, 6.07) is 12.6. The number of nitrogens with zero attached hydrogens (tertiary/aromatic N) is 3. The molecule has 4 aromatic rings. The molecule has 0 unspecified atom stereocenters. The summed E-state index contributed by atoms with van der Waals surface area (Å²) in [5, 5.41) is 7.82. The van der Waals surface area contributed by atoms with E-state index in [0.717, 1.165) is 23.1 Å². The highest BCUT2D eigenvalue weighted by Gasteiger charge is 2.12. The first-order valence-electron chi connectivity index (χ1n) is 10.0. The summed E-state index contributed by atoms with van der Waals surface area (Å²) in [4.78, 5) is 16.6. The van der Waals surface area contributed by atoms with Gasteiger partial charge in [0.25, 0.3) is 0 Å². The first-order valence-corrected chi connectivity index (χ1v) is 10.0. The van der Waals surface area contributed by atoms with Crippen molar-refractivity contribution in [2.24, 2.45) is 0 Å². The maximum atomic E-state index is 13.7. The van der Waals surface area contributed by atoms with Gasteiger partial charge in [0.2, 0.25) is 17.6 Å². The van der Waals surface area contributed by atoms with Crippen molar-refractivity contribution in [1.82, 2.24) is 14.7 Å². The van der Waals surface area contributed by atoms with Crippen LogP contribution in [0.4, 0.5) is 10.1 Å². The summed E-state index contributed by atoms with van der Waals surface area (Å²) in [5.74, 6) is 0.156. The number of aryl methyl sites for hydroxylation is 2. The van der Waals surface area contributed by atoms with Gasteiger partial charge in [-0.05, 0) is 42.8 Å². The normalized spacial score (nSPS) is 11.2. The van der Waals surface area contributed by atoms with Gasteiger partial charge in [-0.1, -0.05) is 17.3 Å². The van der Waals surface area contributed by atoms with Crippen molar-refractivity contribution in [2.45, 2.75) is 26.3 Å². The van der Waals surface area contributed by atoms with Gasteiger partial charge in [-0.3, -0.25) is 4.79 Å². The molecule has 1 amide bonds. The SMILES string of the molecule is COCCn1ccc2cc(NC(=O)CCc3nc(-c4ccc(C)c(F)c4)no3)ccc21. The van der Waals surface area contributed by atoms with Crippen LogP contribution in [0.5, 0.6) is 0 Å². The van der Waals surface area contributed by atoms with Crippen LogP contribution in [0.2, 0.25) is 0 Å². The van der Waals surface area contributed by atoms with Gasteiger partial charge < -0.3 is 19.1 Å². The molecule has 0 fully saturated rings. The number of hydrogen-bond acceptors (Lipinski definition) is 5. The van der Waals surface area contributed by atoms with Gasteiger partial charge in [0.15, 0.2) is 0 Å². The Morgan fingerprint density at radius 2 is 2.10 bits per heavy atom. The molecule has 4 rings (SSSR count). The standard InChI is InChI=1S/C23H23FN4O3/c1-15-3-4-17(14-19(15)24)23-26-22(31-27-23)8-7-21(29)25-18-5-6-20-16(13-18)9-10-28(20)11-12-30-2/h3-6,9-10,13-14H,7-8,11-12H2,1-2H3,(H,25,29). The maximum Gasteiger partial charge on any atom is 0.227 e. The maximum absolute atomic E-state index is 13.7. The molecule has 1 N–H and O–H groups in total. The minimum Gasteiger partial charge on any atom is -0.383 e. The van der Waals surface area contributed by atoms with E-state index < -0.39 is 0 Å². The van der Waals surface area contributed by atoms with Gasteiger partial charge in [-0.25, -0.2) is 4.39 Å². The van der Waals surface area contributed by atoms with Crippen molar-refractivity contribution in [2.75, 3.05) is 19.0 Å². The van der Waals surface area contributed by atoms with E-state index in [0.29, 0.717) is 35.9 Å². The molecule has 160 valence electrons. The van der Waals surface area contributed by atoms with Gasteiger partial charge in [-0.2, -0.15) is 4.98 Å². The third-order valence-corrected chi connectivity index (χ3v) is 5.06. The average molecular weight is 422 g/mol. The number of halogens is 1. The molecule has 7 nitrogen and oxygen atoms in total. The molecule has 0 saturated heterocycles. The molecule has 2 aromatic heterocycles. The van der Waals surface area contributed by atoms with Crippen molar-refractivity contribution in [3.63, 3.8) is 0 Å². The van der Waals surface area contributed by atoms with Crippen molar-refractivity contribution in [3.05, 3.63) is 65.9 Å². The number of methoxy groups -OCH3 is 1. The van der Waals surface area contributed by atoms with Crippen LogP contribution in [0, 0.1) is 12.7 Å². The topological polar surface area (TPSA) is 82.2 Å². The van der Waals surface area contributed by atoms with Gasteiger partial charge in [0.1, 0.15) is 5.82 Å². The molecular formula is C23H23FN4O3. The van der Waals surface area contributed by atoms with Crippen molar-refractivity contribution < 1.29 is 18.4 Å². The second kappa shape index (κ2) is 9.09. The van der Waals surface area contributed by atoms with Crippen LogP contribution in [-0.4, -0.2) is 34.3 Å². The van der Waals surface area contributed by atoms with Gasteiger partial charge in [0, 0.05) is 54.8 Å². The zero-order valence-electron chi connectivity index (χ0n) is 17.4. The number of amides is 1. The van der Waals surface area contributed by atoms with E-state index in [9.17, 15) is 9.18 Å². The summed E-state index contributed by atoms with van der Waals surface area (Å²) in [6.07, 6.45) is 2.49. The third kappa shape index (κ3) is 4.80. The quantitative estimate of drug-likeness (QED) is 0.456. The molecule has 0 saturated carbocycles. The van der Waals surface area contributed by atoms with Gasteiger partial charge >= 0.3 is 0 Å². The fraction of sp³-hybridized carbons (Fsp3) is 0.261. The number of nitrogens with one attached hydrogen (secondary N) is 1. The number of fused-ring (bicyclic) bond motifs is 1. The lowest BCUT2D eigenvalue weighted by Crippen LogP contribution is -2.12. The largest absolute Gasteiger partial charge is 0.383 e. The third-order valence-electron chi connectivity index (χ3n) is 5.06. The number of aromatic nitrogens is 3. The molecule has 8 heteroatoms. The van der Waals surface area contributed by atoms with E-state index in [1.165, 1.54) is 6.07 Å². The highest BCUT2D eigenvalue weighted by Crippen LogP contribution is 2.22. The monoisotopic (exact) mass is 422 g/mol. The Morgan fingerprint density at radius 1 is 1.23 bits per heavy atom. The van der Waals surface area contributed by atoms with Gasteiger partial charge in [0.05, 0.1) is 6.61 Å². The van der Waals surface area contributed by atoms with Crippen LogP contribution in [0.15, 0.2) is 53.2 Å². The van der Waals surface area contributed by atoms with Crippen LogP contribution < -0.4 is 5.32 Å². The molecule has 2 heterocycles. The molecule has 31 heavy (non-hydrogen) atoms. The lowest BCUT2D eigenvalue weighted by molar-refractivity contribution is -0.116. The van der Waals surface area contributed by atoms with E-state index >= 15 is 0 Å². The number of ether oxygens (including phenoxy) is 1. The minimum absolute atomic E-state index is 0.153. The van der Waals surface area contributed by atoms with E-state index in [-0.39, 0.29) is 18.1 Å². The Kier molecular flexibility index (Phi) is 6.08. The molecule has 2 aromatic carbocycles. The number of rotatable bonds is 8. The number of anilines is 1. The Bertz CT molecular complexity index is 1210. The summed E-state index contributed by atoms with van der Waals surface area (Å²) < 4.78 is 26.2. The van der Waals surface area contributed by atoms with Crippen LogP contribution in [0.1, 0.15) is 17.9 Å². The number of carbonyl (C=O) groups is 1. The lowest BCUT2D eigenvalue weighted by Gasteiger charge is -2.07. The molecule has 0 radical (unpaired) electrons. The number of carbonyl (C=O) groups excluding carboxylic acids is 1. The van der Waals surface area contributed by atoms with E-state index in [4.69, 9.17) is 9.26 Å². The highest BCUT2D eigenvalue weighted by molar-refractivity contribution is 5.94. The van der Waals surface area contributed by atoms with E-state index in [1.807, 2.05) is 30.5 Å². The molecule has 0 aliphatic heterocycles. The minimum atomic E-state index is -0.325. The highest BCUT2D eigenvalue weighted by atomic mass is 19.1. The molecule has 0 spiro atoms. The van der Waals surface area contributed by atoms with E-state index in [2.05, 4.69) is 20.0 Å². The Morgan fingerprint density at radius 3 is 2.90 bits per heavy atom. The lowest BCUT2D eigenvalue weighted by atomic mass is 10.1. The van der Waals surface area contributed by atoms with Crippen LogP contribution >= 0.6 is 0 Å². The van der Waals surface area contributed by atoms with Crippen LogP contribution in [0.3, 0.4) is 0 Å². The molecule has 0 bridgehead atoms. The van der Waals surface area contributed by atoms with Crippen molar-refractivity contribution in [3.8, 4) is 11.4 Å². The van der Waals surface area contributed by atoms with Crippen LogP contribution in [0.25, 0.3) is 22.3 Å². The first kappa shape index (κ1) is 20.7. The molecular weight excluding hydrogens is 399 g/mol. The second-order valence-electron chi connectivity index (χ2n) is 7.30. The summed E-state index contributed by atoms with van der Waals surface area (Å²) in [5.41, 5.74) is 2.89. The zero-order chi connectivity index (χ0) is 21.8. The summed E-state index contributed by atoms with van der Waals surface area (Å²) in [6.45, 7) is 3.10. The van der Waals surface area contributed by atoms with E-state index in [1.54, 1.807) is 26.2 Å². The number of benzene rings is 2. The molecule has 0 aliphatic carbocycles.